The smallest absolute Gasteiger partial charge is 0.129 e. The van der Waals surface area contributed by atoms with Gasteiger partial charge in [-0.2, -0.15) is 5.26 Å². The van der Waals surface area contributed by atoms with Crippen molar-refractivity contribution in [3.05, 3.63) is 34.8 Å². The first-order valence-corrected chi connectivity index (χ1v) is 7.81. The van der Waals surface area contributed by atoms with E-state index in [0.717, 1.165) is 42.3 Å². The van der Waals surface area contributed by atoms with Crippen molar-refractivity contribution < 1.29 is 4.74 Å². The number of aryl methyl sites for hydroxylation is 2. The molecule has 2 aliphatic rings. The topological polar surface area (TPSA) is 79.9 Å². The maximum absolute atomic E-state index is 9.20. The minimum absolute atomic E-state index is 0.160. The van der Waals surface area contributed by atoms with Crippen molar-refractivity contribution in [2.45, 2.75) is 39.0 Å². The summed E-state index contributed by atoms with van der Waals surface area (Å²) in [6.45, 7) is 6.12. The fourth-order valence-electron chi connectivity index (χ4n) is 3.53. The molecule has 0 radical (unpaired) electrons. The molecule has 7 nitrogen and oxygen atoms in total. The molecule has 0 aromatic carbocycles. The first-order chi connectivity index (χ1) is 11.2. The third kappa shape index (κ3) is 2.26. The summed E-state index contributed by atoms with van der Waals surface area (Å²) >= 11 is 0. The van der Waals surface area contributed by atoms with E-state index in [4.69, 9.17) is 4.74 Å². The van der Waals surface area contributed by atoms with Crippen LogP contribution in [0.15, 0.2) is 12.3 Å². The molecule has 4 heterocycles. The summed E-state index contributed by atoms with van der Waals surface area (Å²) in [4.78, 5) is 6.88. The number of nitrogens with zero attached hydrogens (tertiary/aromatic N) is 6. The number of fused-ring (bicyclic) bond motifs is 3. The number of hydrogen-bond acceptors (Lipinski definition) is 6. The van der Waals surface area contributed by atoms with Crippen molar-refractivity contribution in [2.75, 3.05) is 18.0 Å². The highest BCUT2D eigenvalue weighted by atomic mass is 16.5. The molecule has 0 bridgehead atoms. The molecule has 0 saturated carbocycles. The van der Waals surface area contributed by atoms with Gasteiger partial charge in [0.2, 0.25) is 0 Å². The van der Waals surface area contributed by atoms with Crippen molar-refractivity contribution in [3.8, 4) is 6.07 Å². The summed E-state index contributed by atoms with van der Waals surface area (Å²) < 4.78 is 7.93. The van der Waals surface area contributed by atoms with Crippen LogP contribution in [0.25, 0.3) is 0 Å². The van der Waals surface area contributed by atoms with E-state index in [1.807, 2.05) is 24.6 Å². The number of rotatable bonds is 1. The summed E-state index contributed by atoms with van der Waals surface area (Å²) in [5, 5.41) is 17.4. The second-order valence-electron chi connectivity index (χ2n) is 6.19. The van der Waals surface area contributed by atoms with Crippen LogP contribution in [0.2, 0.25) is 0 Å². The summed E-state index contributed by atoms with van der Waals surface area (Å²) in [5.41, 5.74) is 3.45. The molecule has 7 heteroatoms. The van der Waals surface area contributed by atoms with E-state index < -0.39 is 0 Å². The van der Waals surface area contributed by atoms with E-state index in [9.17, 15) is 5.26 Å². The van der Waals surface area contributed by atoms with Crippen LogP contribution in [-0.4, -0.2) is 39.2 Å². The normalized spacial score (nSPS) is 23.1. The van der Waals surface area contributed by atoms with Crippen LogP contribution in [0.3, 0.4) is 0 Å². The second kappa shape index (κ2) is 5.32. The quantitative estimate of drug-likeness (QED) is 0.794. The van der Waals surface area contributed by atoms with Crippen molar-refractivity contribution in [1.29, 1.82) is 5.26 Å². The zero-order valence-corrected chi connectivity index (χ0v) is 13.2. The van der Waals surface area contributed by atoms with Gasteiger partial charge in [0.1, 0.15) is 11.9 Å². The predicted octanol–water partition coefficient (Wildman–Crippen LogP) is 1.51. The molecule has 23 heavy (non-hydrogen) atoms. The molecule has 0 N–H and O–H groups in total. The number of pyridine rings is 1. The molecule has 2 aliphatic heterocycles. The van der Waals surface area contributed by atoms with E-state index in [-0.39, 0.29) is 12.1 Å². The molecular weight excluding hydrogens is 292 g/mol. The number of aromatic nitrogens is 4. The van der Waals surface area contributed by atoms with Crippen molar-refractivity contribution >= 4 is 5.82 Å². The first kappa shape index (κ1) is 14.2. The van der Waals surface area contributed by atoms with E-state index in [1.54, 1.807) is 6.20 Å². The van der Waals surface area contributed by atoms with Gasteiger partial charge in [-0.15, -0.1) is 5.10 Å². The fourth-order valence-corrected chi connectivity index (χ4v) is 3.53. The first-order valence-electron chi connectivity index (χ1n) is 7.81. The van der Waals surface area contributed by atoms with Gasteiger partial charge in [-0.05, 0) is 31.9 Å². The molecule has 0 spiro atoms. The molecule has 2 aromatic rings. The monoisotopic (exact) mass is 310 g/mol. The average Bonchev–Trinajstić information content (AvgIpc) is 3.03. The van der Waals surface area contributed by atoms with Crippen LogP contribution in [0.1, 0.15) is 35.0 Å². The number of piperidine rings is 1. The third-order valence-electron chi connectivity index (χ3n) is 4.75. The van der Waals surface area contributed by atoms with Crippen molar-refractivity contribution in [3.63, 3.8) is 0 Å². The number of nitriles is 1. The highest BCUT2D eigenvalue weighted by Crippen LogP contribution is 2.32. The van der Waals surface area contributed by atoms with Crippen LogP contribution in [0, 0.1) is 25.2 Å². The Morgan fingerprint density at radius 2 is 2.26 bits per heavy atom. The van der Waals surface area contributed by atoms with Crippen LogP contribution in [-0.2, 0) is 11.3 Å². The average molecular weight is 310 g/mol. The molecular formula is C16H18N6O. The molecule has 0 unspecified atom stereocenters. The minimum atomic E-state index is 0.160. The zero-order valence-electron chi connectivity index (χ0n) is 13.2. The maximum atomic E-state index is 9.20. The summed E-state index contributed by atoms with van der Waals surface area (Å²) in [6, 6.07) is 4.38. The lowest BCUT2D eigenvalue weighted by atomic mass is 10.00. The Labute approximate surface area is 134 Å². The van der Waals surface area contributed by atoms with Gasteiger partial charge in [0.25, 0.3) is 0 Å². The van der Waals surface area contributed by atoms with Gasteiger partial charge in [-0.1, -0.05) is 5.21 Å². The highest BCUT2D eigenvalue weighted by molar-refractivity contribution is 5.50. The van der Waals surface area contributed by atoms with E-state index >= 15 is 0 Å². The van der Waals surface area contributed by atoms with Gasteiger partial charge in [0.15, 0.2) is 0 Å². The van der Waals surface area contributed by atoms with Crippen LogP contribution >= 0.6 is 0 Å². The summed E-state index contributed by atoms with van der Waals surface area (Å²) in [6.07, 6.45) is 2.88. The highest BCUT2D eigenvalue weighted by Gasteiger charge is 2.36. The largest absolute Gasteiger partial charge is 0.370 e. The van der Waals surface area contributed by atoms with Crippen molar-refractivity contribution in [2.24, 2.45) is 0 Å². The zero-order chi connectivity index (χ0) is 16.0. The van der Waals surface area contributed by atoms with Gasteiger partial charge in [-0.3, -0.25) is 0 Å². The number of anilines is 1. The second-order valence-corrected chi connectivity index (χ2v) is 6.19. The standard InChI is InChI=1S/C16H18N6O/c1-10-5-16(19-11(2)13(10)6-17)21-4-3-15-14(8-21)22-12(9-23-15)7-18-20-22/h5,7,14-15H,3-4,8-9H2,1-2H3/t14-,15-/m0/s1. The Hall–Kier alpha value is -2.46. The molecule has 1 saturated heterocycles. The summed E-state index contributed by atoms with van der Waals surface area (Å²) in [7, 11) is 0. The fraction of sp³-hybridized carbons (Fsp3) is 0.500. The summed E-state index contributed by atoms with van der Waals surface area (Å²) in [5.74, 6) is 0.921. The molecule has 118 valence electrons. The molecule has 0 amide bonds. The van der Waals surface area contributed by atoms with E-state index in [1.165, 1.54) is 0 Å². The van der Waals surface area contributed by atoms with Gasteiger partial charge in [0, 0.05) is 13.1 Å². The molecule has 2 aromatic heterocycles. The Kier molecular flexibility index (Phi) is 3.27. The number of hydrogen-bond donors (Lipinski definition) is 0. The Balaban J connectivity index is 1.65. The Bertz CT molecular complexity index is 769. The lowest BCUT2D eigenvalue weighted by molar-refractivity contribution is -0.0373. The van der Waals surface area contributed by atoms with Gasteiger partial charge in [0.05, 0.1) is 41.9 Å². The van der Waals surface area contributed by atoms with E-state index in [2.05, 4.69) is 26.3 Å². The molecule has 4 rings (SSSR count). The van der Waals surface area contributed by atoms with E-state index in [0.29, 0.717) is 12.2 Å². The third-order valence-corrected chi connectivity index (χ3v) is 4.75. The SMILES string of the molecule is Cc1cc(N2CC[C@@H]3OCc4cnnn4[C@H]3C2)nc(C)c1C#N. The maximum Gasteiger partial charge on any atom is 0.129 e. The van der Waals surface area contributed by atoms with Gasteiger partial charge < -0.3 is 9.64 Å². The molecule has 0 aliphatic carbocycles. The molecule has 2 atom stereocenters. The predicted molar refractivity (Wildman–Crippen MR) is 82.9 cm³/mol. The lowest BCUT2D eigenvalue weighted by Crippen LogP contribution is -2.48. The van der Waals surface area contributed by atoms with Crippen LogP contribution < -0.4 is 4.90 Å². The Morgan fingerprint density at radius 1 is 1.39 bits per heavy atom. The molecule has 1 fully saturated rings. The van der Waals surface area contributed by atoms with Crippen LogP contribution in [0.4, 0.5) is 5.82 Å². The minimum Gasteiger partial charge on any atom is -0.370 e. The number of ether oxygens (including phenoxy) is 1. The van der Waals surface area contributed by atoms with Crippen LogP contribution in [0.5, 0.6) is 0 Å². The van der Waals surface area contributed by atoms with Gasteiger partial charge in [-0.25, -0.2) is 9.67 Å². The Morgan fingerprint density at radius 3 is 3.04 bits per heavy atom. The lowest BCUT2D eigenvalue weighted by Gasteiger charge is -2.41. The van der Waals surface area contributed by atoms with Gasteiger partial charge >= 0.3 is 0 Å². The van der Waals surface area contributed by atoms with Crippen molar-refractivity contribution in [1.82, 2.24) is 20.0 Å².